The van der Waals surface area contributed by atoms with Gasteiger partial charge in [-0.15, -0.1) is 0 Å². The van der Waals surface area contributed by atoms with Crippen LogP contribution in [0.15, 0.2) is 49.1 Å². The van der Waals surface area contributed by atoms with Gasteiger partial charge in [0.05, 0.1) is 0 Å². The third-order valence-electron chi connectivity index (χ3n) is 3.33. The number of nitrogens with zero attached hydrogens (tertiary/aromatic N) is 2. The molecule has 0 amide bonds. The van der Waals surface area contributed by atoms with Crippen LogP contribution in [0.1, 0.15) is 0 Å². The van der Waals surface area contributed by atoms with Crippen molar-refractivity contribution in [1.29, 1.82) is 0 Å². The van der Waals surface area contributed by atoms with Crippen molar-refractivity contribution in [3.63, 3.8) is 0 Å². The van der Waals surface area contributed by atoms with E-state index in [1.165, 1.54) is 0 Å². The van der Waals surface area contributed by atoms with Gasteiger partial charge in [0.1, 0.15) is 13.2 Å². The molecular weight excluding hydrogens is 386 g/mol. The Morgan fingerprint density at radius 3 is 1.27 bits per heavy atom. The van der Waals surface area contributed by atoms with Crippen molar-refractivity contribution in [3.8, 4) is 11.1 Å². The normalized spacial score (nSPS) is 12.3. The van der Waals surface area contributed by atoms with Crippen LogP contribution in [0.25, 0.3) is 11.1 Å². The van der Waals surface area contributed by atoms with Crippen molar-refractivity contribution in [3.05, 3.63) is 49.1 Å². The van der Waals surface area contributed by atoms with Gasteiger partial charge in [0.25, 0.3) is 0 Å². The average molecular weight is 406 g/mol. The van der Waals surface area contributed by atoms with E-state index in [2.05, 4.69) is 9.05 Å². The zero-order valence-corrected chi connectivity index (χ0v) is 15.4. The maximum atomic E-state index is 10.6. The molecule has 0 radical (unpaired) electrons. The molecule has 12 heteroatoms. The lowest BCUT2D eigenvalue weighted by Crippen LogP contribution is -2.35. The summed E-state index contributed by atoms with van der Waals surface area (Å²) >= 11 is 0. The van der Waals surface area contributed by atoms with Gasteiger partial charge in [-0.2, -0.15) is 0 Å². The van der Waals surface area contributed by atoms with Crippen LogP contribution in [0.5, 0.6) is 0 Å². The molecule has 2 aromatic rings. The van der Waals surface area contributed by atoms with Crippen LogP contribution in [0.3, 0.4) is 0 Å². The highest BCUT2D eigenvalue weighted by molar-refractivity contribution is 7.46. The van der Waals surface area contributed by atoms with Gasteiger partial charge in [-0.1, -0.05) is 0 Å². The van der Waals surface area contributed by atoms with E-state index in [1.807, 2.05) is 24.3 Å². The maximum Gasteiger partial charge on any atom is 0.469 e. The van der Waals surface area contributed by atoms with Crippen LogP contribution >= 0.6 is 15.6 Å². The molecule has 0 saturated carbocycles. The summed E-state index contributed by atoms with van der Waals surface area (Å²) in [5.74, 6) is 0. The van der Waals surface area contributed by atoms with Crippen molar-refractivity contribution in [2.45, 2.75) is 13.1 Å². The molecule has 2 rings (SSSR count). The first-order chi connectivity index (χ1) is 12.1. The highest BCUT2D eigenvalue weighted by Gasteiger charge is 2.15. The summed E-state index contributed by atoms with van der Waals surface area (Å²) in [5.41, 5.74) is 1.88. The number of phosphoric ester groups is 2. The molecule has 10 nitrogen and oxygen atoms in total. The highest BCUT2D eigenvalue weighted by Crippen LogP contribution is 2.35. The molecule has 0 saturated heterocycles. The average Bonchev–Trinajstić information content (AvgIpc) is 2.54. The van der Waals surface area contributed by atoms with Crippen LogP contribution in [0, 0.1) is 0 Å². The third kappa shape index (κ3) is 7.82. The Morgan fingerprint density at radius 1 is 0.692 bits per heavy atom. The van der Waals surface area contributed by atoms with E-state index in [0.717, 1.165) is 11.1 Å². The third-order valence-corrected chi connectivity index (χ3v) is 4.37. The summed E-state index contributed by atoms with van der Waals surface area (Å²) in [7, 11) is -8.90. The molecule has 0 aliphatic rings. The van der Waals surface area contributed by atoms with E-state index < -0.39 is 15.6 Å². The Labute approximate surface area is 149 Å². The van der Waals surface area contributed by atoms with Gasteiger partial charge in [-0.3, -0.25) is 9.05 Å². The SMILES string of the molecule is O=P(O)(O)OCC[n+]1ccc(-c2cc[n+](CCOP(=O)(O)O)cc2)cc1. The fraction of sp³-hybridized carbons (Fsp3) is 0.286. The number of hydrogen-bond acceptors (Lipinski definition) is 4. The first-order valence-electron chi connectivity index (χ1n) is 7.51. The van der Waals surface area contributed by atoms with Crippen LogP contribution in [-0.4, -0.2) is 32.8 Å². The van der Waals surface area contributed by atoms with Gasteiger partial charge >= 0.3 is 15.6 Å². The van der Waals surface area contributed by atoms with Crippen LogP contribution < -0.4 is 9.13 Å². The van der Waals surface area contributed by atoms with Crippen LogP contribution in [0.4, 0.5) is 0 Å². The molecule has 4 N–H and O–H groups in total. The van der Waals surface area contributed by atoms with Gasteiger partial charge < -0.3 is 19.6 Å². The number of rotatable bonds is 9. The molecule has 0 spiro atoms. The van der Waals surface area contributed by atoms with Crippen molar-refractivity contribution < 1.29 is 46.9 Å². The molecule has 0 fully saturated rings. The monoisotopic (exact) mass is 406 g/mol. The first kappa shape index (κ1) is 20.8. The summed E-state index contributed by atoms with van der Waals surface area (Å²) in [4.78, 5) is 34.5. The van der Waals surface area contributed by atoms with E-state index >= 15 is 0 Å². The zero-order chi connectivity index (χ0) is 19.2. The molecule has 0 aromatic carbocycles. The minimum Gasteiger partial charge on any atom is -0.303 e. The fourth-order valence-corrected chi connectivity index (χ4v) is 2.77. The van der Waals surface area contributed by atoms with Crippen molar-refractivity contribution in [2.75, 3.05) is 13.2 Å². The van der Waals surface area contributed by atoms with E-state index in [0.29, 0.717) is 13.1 Å². The number of hydrogen-bond donors (Lipinski definition) is 4. The Morgan fingerprint density at radius 2 is 1.00 bits per heavy atom. The van der Waals surface area contributed by atoms with Crippen LogP contribution in [-0.2, 0) is 31.3 Å². The standard InChI is InChI=1S/C14H18N2O8P2/c17-25(18,19)23-11-9-15-5-1-13(2-6-15)14-3-7-16(8-4-14)10-12-24-26(20,21)22/h1-8H,9-12H2,(H2-2,17,18,19,20,21,22)/p+2. The minimum absolute atomic E-state index is 0.101. The minimum atomic E-state index is -4.45. The molecule has 142 valence electrons. The molecule has 0 aliphatic heterocycles. The predicted octanol–water partition coefficient (Wildman–Crippen LogP) is 0.147. The zero-order valence-electron chi connectivity index (χ0n) is 13.7. The summed E-state index contributed by atoms with van der Waals surface area (Å²) in [6.07, 6.45) is 7.08. The Kier molecular flexibility index (Phi) is 7.16. The summed E-state index contributed by atoms with van der Waals surface area (Å²) in [6, 6.07) is 7.42. The fourth-order valence-electron chi connectivity index (χ4n) is 2.13. The molecule has 0 aliphatic carbocycles. The van der Waals surface area contributed by atoms with E-state index in [9.17, 15) is 9.13 Å². The highest BCUT2D eigenvalue weighted by atomic mass is 31.2. The molecule has 0 unspecified atom stereocenters. The smallest absolute Gasteiger partial charge is 0.303 e. The second-order valence-corrected chi connectivity index (χ2v) is 7.78. The lowest BCUT2D eigenvalue weighted by molar-refractivity contribution is -0.697. The largest absolute Gasteiger partial charge is 0.469 e. The Balaban J connectivity index is 1.90. The molecule has 2 aromatic heterocycles. The van der Waals surface area contributed by atoms with Gasteiger partial charge in [0, 0.05) is 24.3 Å². The molecule has 2 heterocycles. The van der Waals surface area contributed by atoms with Crippen molar-refractivity contribution >= 4 is 15.6 Å². The maximum absolute atomic E-state index is 10.6. The second kappa shape index (κ2) is 8.94. The van der Waals surface area contributed by atoms with Crippen LogP contribution in [0.2, 0.25) is 0 Å². The summed E-state index contributed by atoms with van der Waals surface area (Å²) in [5, 5.41) is 0. The number of aromatic nitrogens is 2. The Bertz CT molecular complexity index is 731. The second-order valence-electron chi connectivity index (χ2n) is 5.30. The van der Waals surface area contributed by atoms with Crippen molar-refractivity contribution in [1.82, 2.24) is 0 Å². The summed E-state index contributed by atoms with van der Waals surface area (Å²) < 4.78 is 33.5. The van der Waals surface area contributed by atoms with E-state index in [4.69, 9.17) is 19.6 Å². The van der Waals surface area contributed by atoms with Gasteiger partial charge in [0.15, 0.2) is 37.9 Å². The Hall–Kier alpha value is -1.48. The first-order valence-corrected chi connectivity index (χ1v) is 10.6. The lowest BCUT2D eigenvalue weighted by Gasteiger charge is -2.04. The van der Waals surface area contributed by atoms with Gasteiger partial charge in [-0.05, 0) is 11.1 Å². The van der Waals surface area contributed by atoms with Gasteiger partial charge in [0.2, 0.25) is 0 Å². The summed E-state index contributed by atoms with van der Waals surface area (Å²) in [6.45, 7) is 0.409. The quantitative estimate of drug-likeness (QED) is 0.341. The van der Waals surface area contributed by atoms with Crippen molar-refractivity contribution in [2.24, 2.45) is 0 Å². The molecule has 26 heavy (non-hydrogen) atoms. The van der Waals surface area contributed by atoms with Gasteiger partial charge in [-0.25, -0.2) is 18.3 Å². The molecule has 0 atom stereocenters. The van der Waals surface area contributed by atoms with E-state index in [1.54, 1.807) is 33.9 Å². The molecule has 0 bridgehead atoms. The molecular formula is C14H20N2O8P2+2. The van der Waals surface area contributed by atoms with E-state index in [-0.39, 0.29) is 13.2 Å². The predicted molar refractivity (Wildman–Crippen MR) is 88.3 cm³/mol. The number of pyridine rings is 2. The lowest BCUT2D eigenvalue weighted by atomic mass is 10.1. The number of phosphoric acid groups is 2. The topological polar surface area (TPSA) is 141 Å².